The van der Waals surface area contributed by atoms with Crippen LogP contribution in [0, 0.1) is 0 Å². The van der Waals surface area contributed by atoms with E-state index in [-0.39, 0.29) is 25.3 Å². The first-order valence-corrected chi connectivity index (χ1v) is 8.07. The maximum atomic E-state index is 10.2. The number of thiocarbonyl (C=S) groups is 1. The molecule has 0 N–H and O–H groups in total. The normalized spacial score (nSPS) is 10.1. The minimum atomic E-state index is -0.998. The molecule has 0 atom stereocenters. The van der Waals surface area contributed by atoms with Crippen molar-refractivity contribution in [1.29, 1.82) is 0 Å². The van der Waals surface area contributed by atoms with Crippen LogP contribution in [0.3, 0.4) is 0 Å². The van der Waals surface area contributed by atoms with Gasteiger partial charge in [-0.15, -0.1) is 0 Å². The van der Waals surface area contributed by atoms with Crippen molar-refractivity contribution in [3.8, 4) is 0 Å². The van der Waals surface area contributed by atoms with Crippen molar-refractivity contribution in [2.24, 2.45) is 0 Å². The van der Waals surface area contributed by atoms with Crippen LogP contribution in [0.2, 0.25) is 0 Å². The van der Waals surface area contributed by atoms with Gasteiger partial charge in [-0.3, -0.25) is 0 Å². The molecule has 0 saturated carbocycles. The number of aliphatic carboxylic acids is 1. The molecule has 0 saturated heterocycles. The van der Waals surface area contributed by atoms with Gasteiger partial charge in [0.2, 0.25) is 0 Å². The van der Waals surface area contributed by atoms with Crippen molar-refractivity contribution in [3.05, 3.63) is 0 Å². The van der Waals surface area contributed by atoms with Crippen LogP contribution in [0.25, 0.3) is 0 Å². The van der Waals surface area contributed by atoms with Gasteiger partial charge in [0, 0.05) is 24.7 Å². The quantitative estimate of drug-likeness (QED) is 0.224. The standard InChI is InChI=1S/C10H19NO2S3.Li/c1-3-11(4-2)7-5-10(14)16-15-8-6-9(12)13;/h3-8H2,1-2H3,(H,12,13);/q;+1/p-1. The summed E-state index contributed by atoms with van der Waals surface area (Å²) in [4.78, 5) is 12.5. The van der Waals surface area contributed by atoms with Crippen molar-refractivity contribution in [3.63, 3.8) is 0 Å². The molecule has 0 aliphatic heterocycles. The smallest absolute Gasteiger partial charge is 0.550 e. The van der Waals surface area contributed by atoms with Crippen molar-refractivity contribution in [2.45, 2.75) is 26.7 Å². The Bertz CT molecular complexity index is 226. The average molecular weight is 287 g/mol. The Labute approximate surface area is 129 Å². The third-order valence-corrected chi connectivity index (χ3v) is 5.17. The molecule has 0 unspecified atom stereocenters. The van der Waals surface area contributed by atoms with Gasteiger partial charge in [0.25, 0.3) is 0 Å². The van der Waals surface area contributed by atoms with Crippen LogP contribution in [-0.2, 0) is 4.79 Å². The molecule has 0 amide bonds. The van der Waals surface area contributed by atoms with E-state index < -0.39 is 5.97 Å². The van der Waals surface area contributed by atoms with E-state index in [1.54, 1.807) is 0 Å². The van der Waals surface area contributed by atoms with E-state index >= 15 is 0 Å². The number of carbonyl (C=O) groups is 1. The van der Waals surface area contributed by atoms with Crippen LogP contribution >= 0.6 is 33.8 Å². The monoisotopic (exact) mass is 287 g/mol. The minimum absolute atomic E-state index is 0. The van der Waals surface area contributed by atoms with Gasteiger partial charge in [-0.25, -0.2) is 0 Å². The molecule has 0 fully saturated rings. The summed E-state index contributed by atoms with van der Waals surface area (Å²) in [5, 5.41) is 10.2. The predicted molar refractivity (Wildman–Crippen MR) is 74.7 cm³/mol. The summed E-state index contributed by atoms with van der Waals surface area (Å²) >= 11 is 5.20. The van der Waals surface area contributed by atoms with Crippen LogP contribution in [0.5, 0.6) is 0 Å². The minimum Gasteiger partial charge on any atom is -0.550 e. The molecule has 7 heteroatoms. The van der Waals surface area contributed by atoms with Crippen molar-refractivity contribution in [2.75, 3.05) is 25.4 Å². The molecule has 0 aromatic carbocycles. The maximum absolute atomic E-state index is 10.2. The molecule has 17 heavy (non-hydrogen) atoms. The number of rotatable bonds is 9. The van der Waals surface area contributed by atoms with Gasteiger partial charge in [0.05, 0.1) is 4.20 Å². The summed E-state index contributed by atoms with van der Waals surface area (Å²) < 4.78 is 0.940. The molecule has 94 valence electrons. The van der Waals surface area contributed by atoms with Gasteiger partial charge < -0.3 is 14.8 Å². The Morgan fingerprint density at radius 1 is 1.29 bits per heavy atom. The number of carboxylic acids is 1. The Morgan fingerprint density at radius 3 is 2.35 bits per heavy atom. The number of carbonyl (C=O) groups excluding carboxylic acids is 1. The fourth-order valence-electron chi connectivity index (χ4n) is 1.06. The average Bonchev–Trinajstić information content (AvgIpc) is 2.25. The molecular weight excluding hydrogens is 269 g/mol. The van der Waals surface area contributed by atoms with Crippen molar-refractivity contribution < 1.29 is 28.8 Å². The summed E-state index contributed by atoms with van der Waals surface area (Å²) in [6.45, 7) is 7.34. The number of hydrogen-bond acceptors (Lipinski definition) is 6. The third-order valence-electron chi connectivity index (χ3n) is 2.07. The van der Waals surface area contributed by atoms with Crippen molar-refractivity contribution >= 4 is 44.0 Å². The topological polar surface area (TPSA) is 43.4 Å². The van der Waals surface area contributed by atoms with Crippen LogP contribution in [0.4, 0.5) is 0 Å². The first kappa shape index (κ1) is 20.1. The Kier molecular flexibility index (Phi) is 15.7. The van der Waals surface area contributed by atoms with E-state index in [0.29, 0.717) is 5.75 Å². The molecule has 0 aliphatic carbocycles. The molecule has 3 nitrogen and oxygen atoms in total. The molecule has 0 aromatic rings. The summed E-state index contributed by atoms with van der Waals surface area (Å²) in [5.74, 6) is -0.444. The van der Waals surface area contributed by atoms with Gasteiger partial charge >= 0.3 is 18.9 Å². The second-order valence-corrected chi connectivity index (χ2v) is 6.44. The third kappa shape index (κ3) is 13.1. The molecule has 0 spiro atoms. The number of carboxylic acid groups (broad SMARTS) is 1. The van der Waals surface area contributed by atoms with Crippen LogP contribution < -0.4 is 24.0 Å². The van der Waals surface area contributed by atoms with Crippen LogP contribution in [0.15, 0.2) is 0 Å². The van der Waals surface area contributed by atoms with E-state index in [4.69, 9.17) is 12.2 Å². The first-order chi connectivity index (χ1) is 7.60. The molecular formula is C10H18LiNO2S3. The molecule has 0 heterocycles. The van der Waals surface area contributed by atoms with Gasteiger partial charge in [-0.1, -0.05) is 47.7 Å². The second-order valence-electron chi connectivity index (χ2n) is 3.18. The van der Waals surface area contributed by atoms with Crippen LogP contribution in [0.1, 0.15) is 26.7 Å². The van der Waals surface area contributed by atoms with Crippen molar-refractivity contribution in [1.82, 2.24) is 4.90 Å². The largest absolute Gasteiger partial charge is 1.00 e. The van der Waals surface area contributed by atoms with Gasteiger partial charge in [-0.2, -0.15) is 0 Å². The zero-order chi connectivity index (χ0) is 12.4. The zero-order valence-electron chi connectivity index (χ0n) is 10.7. The molecule has 0 aromatic heterocycles. The van der Waals surface area contributed by atoms with E-state index in [1.807, 2.05) is 0 Å². The second kappa shape index (κ2) is 13.3. The first-order valence-electron chi connectivity index (χ1n) is 5.34. The zero-order valence-corrected chi connectivity index (χ0v) is 13.2. The molecule has 0 bridgehead atoms. The van der Waals surface area contributed by atoms with E-state index in [9.17, 15) is 9.90 Å². The Morgan fingerprint density at radius 2 is 1.88 bits per heavy atom. The number of nitrogens with zero attached hydrogens (tertiary/aromatic N) is 1. The molecule has 0 radical (unpaired) electrons. The number of hydrogen-bond donors (Lipinski definition) is 0. The van der Waals surface area contributed by atoms with Crippen LogP contribution in [-0.4, -0.2) is 40.5 Å². The molecule has 0 rings (SSSR count). The van der Waals surface area contributed by atoms with Gasteiger partial charge in [0.1, 0.15) is 0 Å². The van der Waals surface area contributed by atoms with Gasteiger partial charge in [0.15, 0.2) is 0 Å². The van der Waals surface area contributed by atoms with E-state index in [0.717, 1.165) is 30.3 Å². The summed E-state index contributed by atoms with van der Waals surface area (Å²) in [7, 11) is 3.00. The Hall–Kier alpha value is 0.817. The SMILES string of the molecule is CCN(CC)CCC(=S)SSCCC(=O)[O-].[Li+]. The summed E-state index contributed by atoms with van der Waals surface area (Å²) in [5.41, 5.74) is 0. The van der Waals surface area contributed by atoms with Gasteiger partial charge in [-0.05, 0) is 19.5 Å². The molecule has 0 aliphatic rings. The Balaban J connectivity index is 0. The summed E-state index contributed by atoms with van der Waals surface area (Å²) in [6, 6.07) is 0. The predicted octanol–water partition coefficient (Wildman–Crippen LogP) is -1.43. The van der Waals surface area contributed by atoms with E-state index in [2.05, 4.69) is 18.7 Å². The summed E-state index contributed by atoms with van der Waals surface area (Å²) in [6.07, 6.45) is 0.982. The fourth-order valence-corrected chi connectivity index (χ4v) is 3.37. The van der Waals surface area contributed by atoms with E-state index in [1.165, 1.54) is 21.6 Å². The fraction of sp³-hybridized carbons (Fsp3) is 0.800. The maximum Gasteiger partial charge on any atom is 1.00 e.